The Morgan fingerprint density at radius 3 is 2.85 bits per heavy atom. The van der Waals surface area contributed by atoms with Crippen LogP contribution in [0.5, 0.6) is 5.75 Å². The normalized spacial score (nSPS) is 15.2. The van der Waals surface area contributed by atoms with Gasteiger partial charge in [-0.25, -0.2) is 0 Å². The van der Waals surface area contributed by atoms with E-state index >= 15 is 0 Å². The zero-order chi connectivity index (χ0) is 14.1. The molecule has 1 atom stereocenters. The van der Waals surface area contributed by atoms with Gasteiger partial charge in [0.25, 0.3) is 5.91 Å². The second-order valence-corrected chi connectivity index (χ2v) is 4.80. The van der Waals surface area contributed by atoms with E-state index in [1.165, 1.54) is 0 Å². The summed E-state index contributed by atoms with van der Waals surface area (Å²) < 4.78 is 10.7. The summed E-state index contributed by atoms with van der Waals surface area (Å²) in [6.45, 7) is 1.99. The van der Waals surface area contributed by atoms with Crippen molar-refractivity contribution in [2.45, 2.75) is 13.0 Å². The molecule has 0 saturated heterocycles. The minimum Gasteiger partial charge on any atom is -0.482 e. The van der Waals surface area contributed by atoms with E-state index in [4.69, 9.17) is 9.15 Å². The molecule has 0 spiro atoms. The summed E-state index contributed by atoms with van der Waals surface area (Å²) in [6, 6.07) is 7.80. The number of nitrogens with one attached hydrogen (secondary N) is 2. The topological polar surface area (TPSA) is 63.5 Å². The fraction of sp³-hybridized carbons (Fsp3) is 0.267. The molecule has 2 heterocycles. The first-order valence-corrected chi connectivity index (χ1v) is 6.46. The highest BCUT2D eigenvalue weighted by atomic mass is 16.5. The Morgan fingerprint density at radius 1 is 1.30 bits per heavy atom. The number of aryl methyl sites for hydroxylation is 1. The van der Waals surface area contributed by atoms with Gasteiger partial charge >= 0.3 is 0 Å². The second-order valence-electron chi connectivity index (χ2n) is 4.80. The monoisotopic (exact) mass is 272 g/mol. The van der Waals surface area contributed by atoms with Crippen LogP contribution in [0, 0.1) is 6.92 Å². The number of benzene rings is 1. The number of hydrogen-bond donors (Lipinski definition) is 2. The first-order valence-electron chi connectivity index (χ1n) is 6.46. The Bertz CT molecular complexity index is 648. The predicted octanol–water partition coefficient (Wildman–Crippen LogP) is 2.23. The maximum Gasteiger partial charge on any atom is 0.262 e. The minimum atomic E-state index is -0.130. The van der Waals surface area contributed by atoms with Crippen LogP contribution in [0.25, 0.3) is 0 Å². The van der Waals surface area contributed by atoms with Crippen LogP contribution >= 0.6 is 0 Å². The van der Waals surface area contributed by atoms with Crippen LogP contribution in [0.4, 0.5) is 5.69 Å². The van der Waals surface area contributed by atoms with Gasteiger partial charge in [0.2, 0.25) is 0 Å². The van der Waals surface area contributed by atoms with E-state index in [1.54, 1.807) is 6.26 Å². The van der Waals surface area contributed by atoms with Crippen molar-refractivity contribution in [1.29, 1.82) is 0 Å². The summed E-state index contributed by atoms with van der Waals surface area (Å²) in [5, 5.41) is 6.07. The Hall–Kier alpha value is -2.27. The molecule has 0 aliphatic carbocycles. The number of fused-ring (bicyclic) bond motifs is 1. The first-order chi connectivity index (χ1) is 9.67. The third-order valence-corrected chi connectivity index (χ3v) is 3.34. The molecule has 104 valence electrons. The van der Waals surface area contributed by atoms with Crippen LogP contribution in [0.15, 0.2) is 34.9 Å². The second kappa shape index (κ2) is 5.02. The van der Waals surface area contributed by atoms with Crippen LogP contribution < -0.4 is 15.4 Å². The van der Waals surface area contributed by atoms with Gasteiger partial charge in [0, 0.05) is 5.56 Å². The highest BCUT2D eigenvalue weighted by molar-refractivity contribution is 5.95. The quantitative estimate of drug-likeness (QED) is 0.899. The lowest BCUT2D eigenvalue weighted by Crippen LogP contribution is -2.26. The largest absolute Gasteiger partial charge is 0.482 e. The molecule has 0 bridgehead atoms. The molecule has 1 amide bonds. The number of amides is 1. The lowest BCUT2D eigenvalue weighted by atomic mass is 10.00. The van der Waals surface area contributed by atoms with E-state index < -0.39 is 0 Å². The van der Waals surface area contributed by atoms with Gasteiger partial charge in [0.15, 0.2) is 6.61 Å². The summed E-state index contributed by atoms with van der Waals surface area (Å²) >= 11 is 0. The Morgan fingerprint density at radius 2 is 2.15 bits per heavy atom. The maximum absolute atomic E-state index is 11.4. The van der Waals surface area contributed by atoms with Crippen molar-refractivity contribution in [2.75, 3.05) is 19.0 Å². The van der Waals surface area contributed by atoms with E-state index in [9.17, 15) is 4.79 Å². The molecule has 2 aromatic rings. The zero-order valence-electron chi connectivity index (χ0n) is 11.4. The molecule has 1 aliphatic rings. The molecule has 1 unspecified atom stereocenters. The molecule has 0 fully saturated rings. The number of hydrogen-bond acceptors (Lipinski definition) is 4. The third-order valence-electron chi connectivity index (χ3n) is 3.34. The average Bonchev–Trinajstić information content (AvgIpc) is 2.85. The number of anilines is 1. The van der Waals surface area contributed by atoms with E-state index in [-0.39, 0.29) is 18.6 Å². The van der Waals surface area contributed by atoms with Crippen LogP contribution in [0.1, 0.15) is 22.9 Å². The molecule has 5 heteroatoms. The van der Waals surface area contributed by atoms with Crippen molar-refractivity contribution in [3.63, 3.8) is 0 Å². The molecule has 1 aromatic heterocycles. The number of rotatable bonds is 3. The van der Waals surface area contributed by atoms with Crippen molar-refractivity contribution in [3.05, 3.63) is 47.4 Å². The first kappa shape index (κ1) is 12.7. The molecule has 1 aliphatic heterocycles. The zero-order valence-corrected chi connectivity index (χ0v) is 11.4. The van der Waals surface area contributed by atoms with Crippen LogP contribution in [0.3, 0.4) is 0 Å². The fourth-order valence-electron chi connectivity index (χ4n) is 2.42. The van der Waals surface area contributed by atoms with E-state index in [2.05, 4.69) is 10.6 Å². The summed E-state index contributed by atoms with van der Waals surface area (Å²) in [7, 11) is 1.89. The lowest BCUT2D eigenvalue weighted by molar-refractivity contribution is -0.118. The highest BCUT2D eigenvalue weighted by Crippen LogP contribution is 2.32. The lowest BCUT2D eigenvalue weighted by Gasteiger charge is -2.21. The molecule has 3 rings (SSSR count). The summed E-state index contributed by atoms with van der Waals surface area (Å²) in [5.74, 6) is 1.44. The van der Waals surface area contributed by atoms with E-state index in [0.29, 0.717) is 11.4 Å². The van der Waals surface area contributed by atoms with Gasteiger partial charge in [0.1, 0.15) is 11.5 Å². The van der Waals surface area contributed by atoms with Gasteiger partial charge < -0.3 is 19.8 Å². The SMILES string of the molecule is CNC(c1coc(C)c1)c1ccc2c(c1)NC(=O)CO2. The Labute approximate surface area is 116 Å². The molecule has 2 N–H and O–H groups in total. The molecule has 0 saturated carbocycles. The fourth-order valence-corrected chi connectivity index (χ4v) is 2.42. The molecule has 0 radical (unpaired) electrons. The standard InChI is InChI=1S/C15H16N2O3/c1-9-5-11(7-19-9)15(16-2)10-3-4-13-12(6-10)17-14(18)8-20-13/h3-7,15-16H,8H2,1-2H3,(H,17,18). The summed E-state index contributed by atoms with van der Waals surface area (Å²) in [4.78, 5) is 11.4. The highest BCUT2D eigenvalue weighted by Gasteiger charge is 2.20. The van der Waals surface area contributed by atoms with Gasteiger partial charge in [0.05, 0.1) is 18.0 Å². The van der Waals surface area contributed by atoms with Crippen LogP contribution in [-0.4, -0.2) is 19.6 Å². The van der Waals surface area contributed by atoms with Gasteiger partial charge in [-0.05, 0) is 37.7 Å². The Kier molecular flexibility index (Phi) is 3.20. The maximum atomic E-state index is 11.4. The number of furan rings is 1. The van der Waals surface area contributed by atoms with Gasteiger partial charge in [-0.3, -0.25) is 4.79 Å². The minimum absolute atomic E-state index is 0.0107. The number of carbonyl (C=O) groups excluding carboxylic acids is 1. The van der Waals surface area contributed by atoms with Crippen molar-refractivity contribution in [2.24, 2.45) is 0 Å². The Balaban J connectivity index is 1.96. The predicted molar refractivity (Wildman–Crippen MR) is 74.9 cm³/mol. The molecule has 5 nitrogen and oxygen atoms in total. The number of ether oxygens (including phenoxy) is 1. The van der Waals surface area contributed by atoms with Crippen molar-refractivity contribution < 1.29 is 13.9 Å². The molecular formula is C15H16N2O3. The van der Waals surface area contributed by atoms with Gasteiger partial charge in [-0.2, -0.15) is 0 Å². The summed E-state index contributed by atoms with van der Waals surface area (Å²) in [5.41, 5.74) is 2.80. The van der Waals surface area contributed by atoms with Crippen LogP contribution in [0.2, 0.25) is 0 Å². The van der Waals surface area contributed by atoms with Crippen LogP contribution in [-0.2, 0) is 4.79 Å². The third kappa shape index (κ3) is 2.28. The average molecular weight is 272 g/mol. The smallest absolute Gasteiger partial charge is 0.262 e. The molecule has 20 heavy (non-hydrogen) atoms. The summed E-state index contributed by atoms with van der Waals surface area (Å²) in [6.07, 6.45) is 1.74. The number of carbonyl (C=O) groups is 1. The van der Waals surface area contributed by atoms with Gasteiger partial charge in [-0.15, -0.1) is 0 Å². The van der Waals surface area contributed by atoms with Gasteiger partial charge in [-0.1, -0.05) is 6.07 Å². The van der Waals surface area contributed by atoms with E-state index in [1.807, 2.05) is 38.2 Å². The molecule has 1 aromatic carbocycles. The molecular weight excluding hydrogens is 256 g/mol. The van der Waals surface area contributed by atoms with E-state index in [0.717, 1.165) is 16.9 Å². The van der Waals surface area contributed by atoms with Crippen molar-refractivity contribution >= 4 is 11.6 Å². The van der Waals surface area contributed by atoms with Crippen molar-refractivity contribution in [1.82, 2.24) is 5.32 Å². The van der Waals surface area contributed by atoms with Crippen molar-refractivity contribution in [3.8, 4) is 5.75 Å².